The van der Waals surface area contributed by atoms with Crippen LogP contribution in [-0.4, -0.2) is 26.1 Å². The molecule has 5 rings (SSSR count). The Kier molecular flexibility index (Phi) is 4.01. The summed E-state index contributed by atoms with van der Waals surface area (Å²) < 4.78 is 7.29. The van der Waals surface area contributed by atoms with E-state index < -0.39 is 0 Å². The van der Waals surface area contributed by atoms with Crippen molar-refractivity contribution in [3.63, 3.8) is 0 Å². The van der Waals surface area contributed by atoms with Crippen LogP contribution in [0, 0.1) is 5.41 Å². The van der Waals surface area contributed by atoms with Crippen LogP contribution in [0.2, 0.25) is 0 Å². The number of H-pyrrole nitrogens is 1. The van der Waals surface area contributed by atoms with E-state index in [9.17, 15) is 4.79 Å². The first-order valence-corrected chi connectivity index (χ1v) is 10.1. The molecule has 1 aliphatic carbocycles. The highest BCUT2D eigenvalue weighted by atomic mass is 16.5. The number of allylic oxidation sites excluding steroid dienone is 1. The van der Waals surface area contributed by atoms with Gasteiger partial charge < -0.3 is 15.5 Å². The number of nitrogens with one attached hydrogen (secondary N) is 1. The van der Waals surface area contributed by atoms with Crippen LogP contribution in [0.5, 0.6) is 6.01 Å². The number of benzene rings is 1. The molecule has 2 aromatic heterocycles. The lowest BCUT2D eigenvalue weighted by Gasteiger charge is -2.15. The molecule has 2 aliphatic rings. The molecule has 3 aromatic rings. The number of aromatic nitrogens is 4. The topological polar surface area (TPSA) is 98.8 Å². The van der Waals surface area contributed by atoms with E-state index in [-0.39, 0.29) is 22.9 Å². The Balaban J connectivity index is 1.68. The zero-order valence-corrected chi connectivity index (χ0v) is 16.8. The number of hydrogen-bond donors (Lipinski definition) is 2. The molecular weight excluding hydrogens is 366 g/mol. The zero-order valence-electron chi connectivity index (χ0n) is 16.8. The van der Waals surface area contributed by atoms with Crippen molar-refractivity contribution < 1.29 is 4.74 Å². The number of aromatic amines is 1. The number of nitrogen functional groups attached to an aromatic ring is 1. The highest BCUT2D eigenvalue weighted by Gasteiger charge is 2.30. The third-order valence-electron chi connectivity index (χ3n) is 5.81. The summed E-state index contributed by atoms with van der Waals surface area (Å²) in [6, 6.07) is 4.68. The molecule has 0 fully saturated rings. The fraction of sp³-hybridized carbons (Fsp3) is 0.409. The summed E-state index contributed by atoms with van der Waals surface area (Å²) in [7, 11) is 0. The number of hydrogen-bond acceptors (Lipinski definition) is 5. The predicted octanol–water partition coefficient (Wildman–Crippen LogP) is 2.76. The number of rotatable bonds is 0. The van der Waals surface area contributed by atoms with Crippen LogP contribution in [-0.2, 0) is 25.8 Å². The minimum absolute atomic E-state index is 0.199. The Morgan fingerprint density at radius 1 is 1.17 bits per heavy atom. The smallest absolute Gasteiger partial charge is 0.328 e. The summed E-state index contributed by atoms with van der Waals surface area (Å²) in [4.78, 5) is 24.1. The van der Waals surface area contributed by atoms with Gasteiger partial charge in [-0.3, -0.25) is 4.57 Å². The lowest BCUT2D eigenvalue weighted by atomic mass is 9.90. The quantitative estimate of drug-likeness (QED) is 0.574. The molecule has 0 atom stereocenters. The van der Waals surface area contributed by atoms with Crippen LogP contribution >= 0.6 is 0 Å². The van der Waals surface area contributed by atoms with E-state index in [4.69, 9.17) is 10.5 Å². The van der Waals surface area contributed by atoms with Gasteiger partial charge in [0.25, 0.3) is 0 Å². The summed E-state index contributed by atoms with van der Waals surface area (Å²) in [5.74, 6) is 0.222. The fourth-order valence-corrected chi connectivity index (χ4v) is 4.56. The van der Waals surface area contributed by atoms with Gasteiger partial charge in [-0.25, -0.2) is 4.79 Å². The van der Waals surface area contributed by atoms with Crippen molar-refractivity contribution in [2.75, 3.05) is 12.3 Å². The van der Waals surface area contributed by atoms with Crippen molar-refractivity contribution in [3.8, 4) is 6.01 Å². The number of ether oxygens (including phenoxy) is 1. The average molecular weight is 391 g/mol. The lowest BCUT2D eigenvalue weighted by Crippen LogP contribution is -2.18. The van der Waals surface area contributed by atoms with E-state index in [0.29, 0.717) is 24.3 Å². The number of nitrogens with zero attached hydrogens (tertiary/aromatic N) is 3. The molecule has 0 amide bonds. The second-order valence-electron chi connectivity index (χ2n) is 8.83. The van der Waals surface area contributed by atoms with Gasteiger partial charge in [0.2, 0.25) is 0 Å². The number of fused-ring (bicyclic) bond motifs is 5. The first-order valence-electron chi connectivity index (χ1n) is 10.1. The molecule has 7 heteroatoms. The number of nitrogens with two attached hydrogens (primary N) is 1. The highest BCUT2D eigenvalue weighted by molar-refractivity contribution is 5.82. The van der Waals surface area contributed by atoms with Gasteiger partial charge in [-0.1, -0.05) is 38.1 Å². The maximum atomic E-state index is 12.7. The van der Waals surface area contributed by atoms with Crippen molar-refractivity contribution in [2.24, 2.45) is 5.41 Å². The summed E-state index contributed by atoms with van der Waals surface area (Å²) >= 11 is 0. The predicted molar refractivity (Wildman–Crippen MR) is 112 cm³/mol. The van der Waals surface area contributed by atoms with E-state index in [1.165, 1.54) is 16.7 Å². The van der Waals surface area contributed by atoms with Gasteiger partial charge >= 0.3 is 11.7 Å². The first kappa shape index (κ1) is 18.0. The maximum Gasteiger partial charge on any atom is 0.328 e. The Morgan fingerprint density at radius 2 is 2.00 bits per heavy atom. The van der Waals surface area contributed by atoms with Crippen LogP contribution in [0.4, 0.5) is 5.82 Å². The number of imidazole rings is 1. The molecule has 3 N–H and O–H groups in total. The minimum atomic E-state index is -0.243. The van der Waals surface area contributed by atoms with Gasteiger partial charge in [0.1, 0.15) is 5.52 Å². The summed E-state index contributed by atoms with van der Waals surface area (Å²) in [5, 5.41) is 0. The second kappa shape index (κ2) is 6.47. The van der Waals surface area contributed by atoms with Crippen LogP contribution in [0.1, 0.15) is 42.5 Å². The Hall–Kier alpha value is -3.09. The SMILES string of the molecule is CC1(C)Cc2cc3cc(c2C1)C/C=C\CCOc1nc(N)c2[nH]c(=O)n(c2n1)C3. The third kappa shape index (κ3) is 3.20. The van der Waals surface area contributed by atoms with Gasteiger partial charge in [-0.05, 0) is 53.4 Å². The molecule has 4 bridgehead atoms. The Labute approximate surface area is 168 Å². The average Bonchev–Trinajstić information content (AvgIpc) is 3.13. The fourth-order valence-electron chi connectivity index (χ4n) is 4.56. The largest absolute Gasteiger partial charge is 0.463 e. The molecule has 7 nitrogen and oxygen atoms in total. The third-order valence-corrected chi connectivity index (χ3v) is 5.81. The molecule has 0 radical (unpaired) electrons. The minimum Gasteiger partial charge on any atom is -0.463 e. The molecule has 0 saturated heterocycles. The van der Waals surface area contributed by atoms with Crippen LogP contribution in [0.3, 0.4) is 0 Å². The van der Waals surface area contributed by atoms with E-state index in [1.54, 1.807) is 4.57 Å². The van der Waals surface area contributed by atoms with Crippen molar-refractivity contribution in [1.29, 1.82) is 0 Å². The second-order valence-corrected chi connectivity index (χ2v) is 8.83. The van der Waals surface area contributed by atoms with Crippen molar-refractivity contribution in [3.05, 3.63) is 57.0 Å². The highest BCUT2D eigenvalue weighted by Crippen LogP contribution is 2.39. The van der Waals surface area contributed by atoms with E-state index in [0.717, 1.165) is 31.2 Å². The van der Waals surface area contributed by atoms with Crippen LogP contribution in [0.25, 0.3) is 11.2 Å². The molecule has 1 aromatic carbocycles. The normalized spacial score (nSPS) is 19.0. The summed E-state index contributed by atoms with van der Waals surface area (Å²) in [6.07, 6.45) is 8.13. The lowest BCUT2D eigenvalue weighted by molar-refractivity contribution is 0.300. The van der Waals surface area contributed by atoms with Crippen LogP contribution in [0.15, 0.2) is 29.1 Å². The van der Waals surface area contributed by atoms with Gasteiger partial charge in [0, 0.05) is 0 Å². The van der Waals surface area contributed by atoms with Gasteiger partial charge in [0.05, 0.1) is 13.2 Å². The van der Waals surface area contributed by atoms with E-state index in [1.807, 2.05) is 0 Å². The van der Waals surface area contributed by atoms with Gasteiger partial charge in [-0.2, -0.15) is 9.97 Å². The summed E-state index contributed by atoms with van der Waals surface area (Å²) in [5.41, 5.74) is 12.3. The first-order chi connectivity index (χ1) is 13.9. The van der Waals surface area contributed by atoms with Crippen molar-refractivity contribution in [2.45, 2.75) is 46.1 Å². The van der Waals surface area contributed by atoms with E-state index >= 15 is 0 Å². The monoisotopic (exact) mass is 391 g/mol. The van der Waals surface area contributed by atoms with Gasteiger partial charge in [0.15, 0.2) is 11.5 Å². The molecule has 0 saturated carbocycles. The molecule has 29 heavy (non-hydrogen) atoms. The molecular formula is C22H25N5O2. The Morgan fingerprint density at radius 3 is 2.86 bits per heavy atom. The Bertz CT molecular complexity index is 1200. The molecule has 150 valence electrons. The molecule has 0 spiro atoms. The molecule has 0 unspecified atom stereocenters. The van der Waals surface area contributed by atoms with Gasteiger partial charge in [-0.15, -0.1) is 0 Å². The molecule has 3 heterocycles. The molecule has 1 aliphatic heterocycles. The summed E-state index contributed by atoms with van der Waals surface area (Å²) in [6.45, 7) is 5.52. The van der Waals surface area contributed by atoms with E-state index in [2.05, 4.69) is 53.1 Å². The standard InChI is InChI=1S/C22H25N5O2/c1-22(2)10-15-9-13-8-14(16(15)11-22)6-4-3-5-7-29-20-25-18(23)17-19(26-20)27(12-13)21(28)24-17/h3-4,8-9H,5-7,10-12H2,1-2H3,(H,24,28)(H2,23,25,26)/b4-3-. The van der Waals surface area contributed by atoms with Crippen molar-refractivity contribution in [1.82, 2.24) is 19.5 Å². The van der Waals surface area contributed by atoms with Crippen molar-refractivity contribution >= 4 is 17.0 Å². The maximum absolute atomic E-state index is 12.7. The number of anilines is 1. The van der Waals surface area contributed by atoms with Crippen LogP contribution < -0.4 is 16.2 Å². The zero-order chi connectivity index (χ0) is 20.2.